The fraction of sp³-hybridized carbons (Fsp3) is 0.348. The number of amides is 3. The average Bonchev–Trinajstić information content (AvgIpc) is 2.69. The van der Waals surface area contributed by atoms with Crippen molar-refractivity contribution in [1.29, 1.82) is 0 Å². The Morgan fingerprint density at radius 2 is 1.53 bits per heavy atom. The van der Waals surface area contributed by atoms with Gasteiger partial charge in [0.2, 0.25) is 0 Å². The summed E-state index contributed by atoms with van der Waals surface area (Å²) < 4.78 is 5.30. The van der Waals surface area contributed by atoms with E-state index < -0.39 is 18.0 Å². The van der Waals surface area contributed by atoms with E-state index in [2.05, 4.69) is 16.0 Å². The Balaban J connectivity index is 1.90. The third kappa shape index (κ3) is 6.62. The average molecular weight is 412 g/mol. The number of para-hydroxylation sites is 1. The minimum absolute atomic E-state index is 0.0519. The van der Waals surface area contributed by atoms with Crippen LogP contribution in [-0.2, 0) is 16.1 Å². The molecule has 0 aliphatic rings. The summed E-state index contributed by atoms with van der Waals surface area (Å²) in [6.45, 7) is 9.44. The van der Waals surface area contributed by atoms with Crippen molar-refractivity contribution >= 4 is 23.6 Å². The van der Waals surface area contributed by atoms with Gasteiger partial charge in [-0.05, 0) is 63.4 Å². The Hall–Kier alpha value is -3.35. The number of esters is 1. The zero-order valence-electron chi connectivity index (χ0n) is 18.0. The van der Waals surface area contributed by atoms with Crippen LogP contribution in [-0.4, -0.2) is 30.1 Å². The van der Waals surface area contributed by atoms with Crippen LogP contribution in [0, 0.1) is 13.8 Å². The van der Waals surface area contributed by atoms with E-state index >= 15 is 0 Å². The van der Waals surface area contributed by atoms with E-state index in [1.165, 1.54) is 6.92 Å². The molecule has 0 spiro atoms. The molecule has 0 heterocycles. The first kappa shape index (κ1) is 22.9. The molecule has 30 heavy (non-hydrogen) atoms. The smallest absolute Gasteiger partial charge is 0.338 e. The lowest BCUT2D eigenvalue weighted by molar-refractivity contribution is -0.123. The number of benzene rings is 2. The van der Waals surface area contributed by atoms with Crippen molar-refractivity contribution < 1.29 is 19.1 Å². The molecule has 0 unspecified atom stereocenters. The first-order valence-electron chi connectivity index (χ1n) is 9.88. The molecule has 3 N–H and O–H groups in total. The van der Waals surface area contributed by atoms with E-state index in [1.807, 2.05) is 45.9 Å². The van der Waals surface area contributed by atoms with Gasteiger partial charge in [0, 0.05) is 18.3 Å². The molecule has 2 aromatic rings. The van der Waals surface area contributed by atoms with Crippen molar-refractivity contribution in [2.45, 2.75) is 53.3 Å². The lowest BCUT2D eigenvalue weighted by Gasteiger charge is -2.16. The van der Waals surface area contributed by atoms with Crippen LogP contribution in [0.15, 0.2) is 42.5 Å². The van der Waals surface area contributed by atoms with E-state index in [0.717, 1.165) is 22.4 Å². The molecule has 0 radical (unpaired) electrons. The molecule has 0 aliphatic heterocycles. The highest BCUT2D eigenvalue weighted by atomic mass is 16.5. The molecule has 160 valence electrons. The number of anilines is 1. The van der Waals surface area contributed by atoms with Gasteiger partial charge in [0.1, 0.15) is 0 Å². The van der Waals surface area contributed by atoms with Crippen LogP contribution in [0.4, 0.5) is 10.5 Å². The van der Waals surface area contributed by atoms with Crippen LogP contribution >= 0.6 is 0 Å². The van der Waals surface area contributed by atoms with Gasteiger partial charge in [0.15, 0.2) is 6.10 Å². The lowest BCUT2D eigenvalue weighted by atomic mass is 10.1. The van der Waals surface area contributed by atoms with Crippen molar-refractivity contribution in [3.63, 3.8) is 0 Å². The van der Waals surface area contributed by atoms with E-state index in [9.17, 15) is 14.4 Å². The van der Waals surface area contributed by atoms with Crippen LogP contribution in [0.3, 0.4) is 0 Å². The number of nitrogens with one attached hydrogen (secondary N) is 3. The highest BCUT2D eigenvalue weighted by Gasteiger charge is 2.20. The summed E-state index contributed by atoms with van der Waals surface area (Å²) in [5, 5.41) is 8.30. The maximum atomic E-state index is 12.4. The van der Waals surface area contributed by atoms with Crippen molar-refractivity contribution in [1.82, 2.24) is 10.6 Å². The topological polar surface area (TPSA) is 96.5 Å². The number of hydrogen-bond acceptors (Lipinski definition) is 4. The first-order valence-corrected chi connectivity index (χ1v) is 9.88. The van der Waals surface area contributed by atoms with Crippen molar-refractivity contribution in [2.75, 3.05) is 5.32 Å². The highest BCUT2D eigenvalue weighted by Crippen LogP contribution is 2.20. The molecule has 1 atom stereocenters. The molecule has 0 bridgehead atoms. The summed E-state index contributed by atoms with van der Waals surface area (Å²) >= 11 is 0. The van der Waals surface area contributed by atoms with Crippen LogP contribution in [0.5, 0.6) is 0 Å². The number of ether oxygens (including phenoxy) is 1. The van der Waals surface area contributed by atoms with Crippen LogP contribution in [0.2, 0.25) is 0 Å². The van der Waals surface area contributed by atoms with E-state index in [4.69, 9.17) is 4.74 Å². The monoisotopic (exact) mass is 411 g/mol. The molecule has 0 saturated heterocycles. The van der Waals surface area contributed by atoms with Crippen LogP contribution < -0.4 is 16.0 Å². The minimum Gasteiger partial charge on any atom is -0.449 e. The van der Waals surface area contributed by atoms with E-state index in [0.29, 0.717) is 12.1 Å². The Bertz CT molecular complexity index is 887. The van der Waals surface area contributed by atoms with E-state index in [1.54, 1.807) is 24.3 Å². The minimum atomic E-state index is -0.947. The Morgan fingerprint density at radius 3 is 2.10 bits per heavy atom. The number of carbonyl (C=O) groups is 3. The van der Waals surface area contributed by atoms with Gasteiger partial charge in [-0.3, -0.25) is 4.79 Å². The second-order valence-corrected chi connectivity index (χ2v) is 7.48. The second-order valence-electron chi connectivity index (χ2n) is 7.48. The predicted molar refractivity (Wildman–Crippen MR) is 116 cm³/mol. The molecule has 3 amide bonds. The van der Waals surface area contributed by atoms with Gasteiger partial charge in [-0.2, -0.15) is 0 Å². The maximum Gasteiger partial charge on any atom is 0.338 e. The highest BCUT2D eigenvalue weighted by molar-refractivity contribution is 5.98. The van der Waals surface area contributed by atoms with Crippen molar-refractivity contribution in [3.05, 3.63) is 64.7 Å². The van der Waals surface area contributed by atoms with Crippen LogP contribution in [0.1, 0.15) is 47.8 Å². The third-order valence-electron chi connectivity index (χ3n) is 4.44. The molecular formula is C23H29N3O4. The third-order valence-corrected chi connectivity index (χ3v) is 4.44. The number of urea groups is 1. The molecule has 0 fully saturated rings. The molecule has 0 aliphatic carbocycles. The number of carbonyl (C=O) groups excluding carboxylic acids is 3. The Labute approximate surface area is 177 Å². The largest absolute Gasteiger partial charge is 0.449 e. The molecule has 0 saturated carbocycles. The van der Waals surface area contributed by atoms with Gasteiger partial charge in [-0.1, -0.05) is 30.3 Å². The van der Waals surface area contributed by atoms with Crippen molar-refractivity contribution in [3.8, 4) is 0 Å². The predicted octanol–water partition coefficient (Wildman–Crippen LogP) is 3.70. The zero-order chi connectivity index (χ0) is 22.3. The van der Waals surface area contributed by atoms with E-state index in [-0.39, 0.29) is 12.1 Å². The second kappa shape index (κ2) is 10.4. The van der Waals surface area contributed by atoms with Gasteiger partial charge in [0.05, 0.1) is 5.56 Å². The summed E-state index contributed by atoms with van der Waals surface area (Å²) in [4.78, 5) is 36.4. The van der Waals surface area contributed by atoms with Gasteiger partial charge < -0.3 is 20.7 Å². The number of rotatable bonds is 7. The van der Waals surface area contributed by atoms with Crippen molar-refractivity contribution in [2.24, 2.45) is 0 Å². The summed E-state index contributed by atoms with van der Waals surface area (Å²) in [6.07, 6.45) is -0.947. The van der Waals surface area contributed by atoms with Gasteiger partial charge in [-0.15, -0.1) is 0 Å². The Kier molecular flexibility index (Phi) is 7.98. The summed E-state index contributed by atoms with van der Waals surface area (Å²) in [5.74, 6) is -0.978. The summed E-state index contributed by atoms with van der Waals surface area (Å²) in [5.41, 5.74) is 3.77. The maximum absolute atomic E-state index is 12.4. The molecule has 0 aromatic heterocycles. The first-order chi connectivity index (χ1) is 14.2. The summed E-state index contributed by atoms with van der Waals surface area (Å²) in [7, 11) is 0. The number of hydrogen-bond donors (Lipinski definition) is 3. The van der Waals surface area contributed by atoms with Crippen LogP contribution in [0.25, 0.3) is 0 Å². The number of aryl methyl sites for hydroxylation is 2. The zero-order valence-corrected chi connectivity index (χ0v) is 18.0. The quantitative estimate of drug-likeness (QED) is 0.605. The molecular weight excluding hydrogens is 382 g/mol. The SMILES string of the molecule is Cc1cccc(C)c1NC(=O)[C@@H](C)OC(=O)c1ccc(CNC(=O)NC(C)C)cc1. The normalized spacial score (nSPS) is 11.5. The summed E-state index contributed by atoms with van der Waals surface area (Å²) in [6, 6.07) is 12.2. The van der Waals surface area contributed by atoms with Gasteiger partial charge in [-0.25, -0.2) is 9.59 Å². The van der Waals surface area contributed by atoms with Gasteiger partial charge >= 0.3 is 12.0 Å². The molecule has 2 rings (SSSR count). The molecule has 7 nitrogen and oxygen atoms in total. The molecule has 7 heteroatoms. The Morgan fingerprint density at radius 1 is 0.933 bits per heavy atom. The lowest BCUT2D eigenvalue weighted by Crippen LogP contribution is -2.39. The fourth-order valence-electron chi connectivity index (χ4n) is 2.77. The van der Waals surface area contributed by atoms with Gasteiger partial charge in [0.25, 0.3) is 5.91 Å². The standard InChI is InChI=1S/C23H29N3O4/c1-14(2)25-23(29)24-13-18-9-11-19(12-10-18)22(28)30-17(5)21(27)26-20-15(3)7-6-8-16(20)4/h6-12,14,17H,13H2,1-5H3,(H,26,27)(H2,24,25,29)/t17-/m1/s1. The fourth-order valence-corrected chi connectivity index (χ4v) is 2.77. The molecule has 2 aromatic carbocycles.